The molecule has 0 atom stereocenters. The summed E-state index contributed by atoms with van der Waals surface area (Å²) in [5.74, 6) is 0.928. The van der Waals surface area contributed by atoms with Crippen LogP contribution in [0.4, 0.5) is 0 Å². The topological polar surface area (TPSA) is 34.4 Å². The van der Waals surface area contributed by atoms with Crippen LogP contribution in [0.2, 0.25) is 0 Å². The summed E-state index contributed by atoms with van der Waals surface area (Å²) < 4.78 is 1.88. The van der Waals surface area contributed by atoms with E-state index in [1.807, 2.05) is 23.5 Å². The molecule has 0 aromatic carbocycles. The van der Waals surface area contributed by atoms with Gasteiger partial charge in [0.2, 0.25) is 0 Å². The summed E-state index contributed by atoms with van der Waals surface area (Å²) in [6.07, 6.45) is 3.47. The smallest absolute Gasteiger partial charge is 0.166 e. The maximum atomic E-state index is 10.7. The summed E-state index contributed by atoms with van der Waals surface area (Å²) in [5.41, 5.74) is 1.63. The fourth-order valence-electron chi connectivity index (χ4n) is 1.48. The molecule has 0 aliphatic heterocycles. The van der Waals surface area contributed by atoms with E-state index < -0.39 is 0 Å². The number of pyridine rings is 1. The number of nitrogens with zero attached hydrogens (tertiary/aromatic N) is 2. The first-order valence-corrected chi connectivity index (χ1v) is 4.27. The van der Waals surface area contributed by atoms with Crippen LogP contribution >= 0.6 is 0 Å². The van der Waals surface area contributed by atoms with Gasteiger partial charge >= 0.3 is 0 Å². The van der Waals surface area contributed by atoms with Crippen molar-refractivity contribution in [1.82, 2.24) is 9.38 Å². The Hall–Kier alpha value is -1.64. The lowest BCUT2D eigenvalue weighted by Crippen LogP contribution is -1.98. The highest BCUT2D eigenvalue weighted by molar-refractivity contribution is 5.74. The van der Waals surface area contributed by atoms with Gasteiger partial charge < -0.3 is 0 Å². The molecule has 0 bridgehead atoms. The normalized spacial score (nSPS) is 10.5. The fraction of sp³-hybridized carbons (Fsp3) is 0.200. The molecule has 0 fully saturated rings. The van der Waals surface area contributed by atoms with Crippen LogP contribution < -0.4 is 0 Å². The maximum Gasteiger partial charge on any atom is 0.166 e. The summed E-state index contributed by atoms with van der Waals surface area (Å²) in [5, 5.41) is 0. The second-order valence-electron chi connectivity index (χ2n) is 2.86. The van der Waals surface area contributed by atoms with Crippen LogP contribution in [-0.2, 0) is 6.42 Å². The molecule has 0 N–H and O–H groups in total. The largest absolute Gasteiger partial charge is 0.296 e. The molecule has 0 saturated carbocycles. The van der Waals surface area contributed by atoms with Gasteiger partial charge in [-0.3, -0.25) is 9.20 Å². The Kier molecular flexibility index (Phi) is 1.85. The third-order valence-corrected chi connectivity index (χ3v) is 2.09. The van der Waals surface area contributed by atoms with Gasteiger partial charge in [-0.15, -0.1) is 0 Å². The molecular formula is C10H10N2O. The number of carbonyl (C=O) groups excluding carboxylic acids is 1. The van der Waals surface area contributed by atoms with E-state index in [4.69, 9.17) is 0 Å². The Bertz CT molecular complexity index is 445. The van der Waals surface area contributed by atoms with Gasteiger partial charge in [0.15, 0.2) is 6.29 Å². The van der Waals surface area contributed by atoms with Crippen LogP contribution in [0.15, 0.2) is 24.4 Å². The van der Waals surface area contributed by atoms with Crippen molar-refractivity contribution in [3.05, 3.63) is 35.9 Å². The number of hydrogen-bond donors (Lipinski definition) is 0. The predicted octanol–water partition coefficient (Wildman–Crippen LogP) is 1.71. The minimum atomic E-state index is 0.659. The van der Waals surface area contributed by atoms with Gasteiger partial charge in [0.25, 0.3) is 0 Å². The summed E-state index contributed by atoms with van der Waals surface area (Å²) >= 11 is 0. The van der Waals surface area contributed by atoms with Gasteiger partial charge in [0, 0.05) is 6.42 Å². The Morgan fingerprint density at radius 2 is 2.38 bits per heavy atom. The standard InChI is InChI=1S/C10H10N2O/c1-2-10-11-6-8-4-3-5-9(7-13)12(8)10/h3-7H,2H2,1H3. The van der Waals surface area contributed by atoms with Crippen molar-refractivity contribution in [2.75, 3.05) is 0 Å². The van der Waals surface area contributed by atoms with Gasteiger partial charge in [-0.25, -0.2) is 4.98 Å². The van der Waals surface area contributed by atoms with E-state index in [9.17, 15) is 4.79 Å². The second-order valence-corrected chi connectivity index (χ2v) is 2.86. The molecule has 0 radical (unpaired) electrons. The minimum absolute atomic E-state index is 0.659. The van der Waals surface area contributed by atoms with Gasteiger partial charge in [-0.05, 0) is 12.1 Å². The quantitative estimate of drug-likeness (QED) is 0.649. The van der Waals surface area contributed by atoms with Crippen molar-refractivity contribution in [2.45, 2.75) is 13.3 Å². The third-order valence-electron chi connectivity index (χ3n) is 2.09. The number of rotatable bonds is 2. The first-order chi connectivity index (χ1) is 6.36. The molecular weight excluding hydrogens is 164 g/mol. The molecule has 13 heavy (non-hydrogen) atoms. The van der Waals surface area contributed by atoms with E-state index in [2.05, 4.69) is 4.98 Å². The molecule has 2 rings (SSSR count). The van der Waals surface area contributed by atoms with Crippen molar-refractivity contribution in [1.29, 1.82) is 0 Å². The van der Waals surface area contributed by atoms with Crippen molar-refractivity contribution in [3.8, 4) is 0 Å². The first kappa shape index (κ1) is 7.98. The van der Waals surface area contributed by atoms with Crippen LogP contribution in [0.3, 0.4) is 0 Å². The molecule has 0 amide bonds. The molecule has 0 aliphatic carbocycles. The fourth-order valence-corrected chi connectivity index (χ4v) is 1.48. The average Bonchev–Trinajstić information content (AvgIpc) is 2.60. The molecule has 0 aliphatic rings. The Morgan fingerprint density at radius 3 is 3.08 bits per heavy atom. The monoisotopic (exact) mass is 174 g/mol. The minimum Gasteiger partial charge on any atom is -0.296 e. The Balaban J connectivity index is 2.83. The van der Waals surface area contributed by atoms with Crippen LogP contribution in [0, 0.1) is 0 Å². The van der Waals surface area contributed by atoms with E-state index in [1.54, 1.807) is 12.3 Å². The number of aromatic nitrogens is 2. The van der Waals surface area contributed by atoms with Crippen LogP contribution in [0.25, 0.3) is 5.52 Å². The van der Waals surface area contributed by atoms with Crippen molar-refractivity contribution >= 4 is 11.8 Å². The Labute approximate surface area is 76.0 Å². The number of carbonyl (C=O) groups is 1. The molecule has 2 heterocycles. The summed E-state index contributed by atoms with van der Waals surface area (Å²) in [7, 11) is 0. The van der Waals surface area contributed by atoms with Crippen LogP contribution in [0.5, 0.6) is 0 Å². The van der Waals surface area contributed by atoms with E-state index in [1.165, 1.54) is 0 Å². The maximum absolute atomic E-state index is 10.7. The molecule has 2 aromatic heterocycles. The van der Waals surface area contributed by atoms with Gasteiger partial charge in [-0.2, -0.15) is 0 Å². The third kappa shape index (κ3) is 1.13. The molecule has 66 valence electrons. The number of aldehydes is 1. The molecule has 0 saturated heterocycles. The van der Waals surface area contributed by atoms with E-state index >= 15 is 0 Å². The van der Waals surface area contributed by atoms with Crippen molar-refractivity contribution in [3.63, 3.8) is 0 Å². The van der Waals surface area contributed by atoms with Crippen LogP contribution in [0.1, 0.15) is 23.2 Å². The lowest BCUT2D eigenvalue weighted by molar-refractivity contribution is 0.111. The number of imidazole rings is 1. The molecule has 3 nitrogen and oxygen atoms in total. The number of hydrogen-bond acceptors (Lipinski definition) is 2. The SMILES string of the molecule is CCc1ncc2cccc(C=O)n12. The van der Waals surface area contributed by atoms with Gasteiger partial charge in [0.05, 0.1) is 17.4 Å². The molecule has 0 unspecified atom stereocenters. The lowest BCUT2D eigenvalue weighted by Gasteiger charge is -2.00. The van der Waals surface area contributed by atoms with Gasteiger partial charge in [-0.1, -0.05) is 13.0 Å². The highest BCUT2D eigenvalue weighted by Crippen LogP contribution is 2.09. The predicted molar refractivity (Wildman–Crippen MR) is 50.0 cm³/mol. The lowest BCUT2D eigenvalue weighted by atomic mass is 10.3. The highest BCUT2D eigenvalue weighted by atomic mass is 16.1. The Morgan fingerprint density at radius 1 is 1.54 bits per heavy atom. The van der Waals surface area contributed by atoms with E-state index in [0.29, 0.717) is 5.69 Å². The van der Waals surface area contributed by atoms with Gasteiger partial charge in [0.1, 0.15) is 5.82 Å². The average molecular weight is 174 g/mol. The summed E-state index contributed by atoms with van der Waals surface area (Å²) in [4.78, 5) is 15.0. The zero-order valence-corrected chi connectivity index (χ0v) is 7.40. The zero-order chi connectivity index (χ0) is 9.26. The van der Waals surface area contributed by atoms with Crippen molar-refractivity contribution in [2.24, 2.45) is 0 Å². The molecule has 0 spiro atoms. The van der Waals surface area contributed by atoms with Crippen LogP contribution in [-0.4, -0.2) is 15.7 Å². The number of fused-ring (bicyclic) bond motifs is 1. The first-order valence-electron chi connectivity index (χ1n) is 4.27. The molecule has 3 heteroatoms. The summed E-state index contributed by atoms with van der Waals surface area (Å²) in [6, 6.07) is 5.60. The second kappa shape index (κ2) is 3.01. The zero-order valence-electron chi connectivity index (χ0n) is 7.40. The number of aryl methyl sites for hydroxylation is 1. The highest BCUT2D eigenvalue weighted by Gasteiger charge is 2.04. The van der Waals surface area contributed by atoms with E-state index in [0.717, 1.165) is 24.0 Å². The van der Waals surface area contributed by atoms with E-state index in [-0.39, 0.29) is 0 Å². The summed E-state index contributed by atoms with van der Waals surface area (Å²) in [6.45, 7) is 2.02. The van der Waals surface area contributed by atoms with Crippen molar-refractivity contribution < 1.29 is 4.79 Å². The molecule has 2 aromatic rings.